The first kappa shape index (κ1) is 16.5. The maximum absolute atomic E-state index is 12.0. The van der Waals surface area contributed by atoms with Gasteiger partial charge >= 0.3 is 0 Å². The molecule has 110 valence electrons. The van der Waals surface area contributed by atoms with E-state index in [-0.39, 0.29) is 11.8 Å². The molecule has 0 spiro atoms. The first-order valence-electron chi connectivity index (χ1n) is 6.81. The molecule has 0 unspecified atom stereocenters. The summed E-state index contributed by atoms with van der Waals surface area (Å²) in [6.07, 6.45) is 0.323. The maximum atomic E-state index is 12.0. The highest BCUT2D eigenvalue weighted by Gasteiger charge is 2.15. The van der Waals surface area contributed by atoms with Crippen molar-refractivity contribution in [1.29, 1.82) is 0 Å². The summed E-state index contributed by atoms with van der Waals surface area (Å²) in [4.78, 5) is 27.1. The Morgan fingerprint density at radius 1 is 1.10 bits per heavy atom. The van der Waals surface area contributed by atoms with Gasteiger partial charge in [0.1, 0.15) is 0 Å². The number of rotatable bonds is 6. The van der Waals surface area contributed by atoms with Crippen LogP contribution in [0.5, 0.6) is 0 Å². The second-order valence-electron chi connectivity index (χ2n) is 4.46. The Labute approximate surface area is 125 Å². The summed E-state index contributed by atoms with van der Waals surface area (Å²) in [5.41, 5.74) is 0.759. The van der Waals surface area contributed by atoms with Gasteiger partial charge in [-0.25, -0.2) is 0 Å². The van der Waals surface area contributed by atoms with Crippen LogP contribution in [-0.2, 0) is 9.59 Å². The zero-order valence-electron chi connectivity index (χ0n) is 12.2. The molecule has 0 bridgehead atoms. The molecule has 4 nitrogen and oxygen atoms in total. The molecular weight excluding hydrogens is 276 g/mol. The van der Waals surface area contributed by atoms with Gasteiger partial charge in [0.2, 0.25) is 11.8 Å². The van der Waals surface area contributed by atoms with E-state index >= 15 is 0 Å². The van der Waals surface area contributed by atoms with Crippen molar-refractivity contribution in [3.05, 3.63) is 29.3 Å². The van der Waals surface area contributed by atoms with Gasteiger partial charge in [0, 0.05) is 43.7 Å². The normalized spacial score (nSPS) is 10.2. The summed E-state index contributed by atoms with van der Waals surface area (Å²) in [5, 5.41) is 0.622. The molecule has 0 saturated heterocycles. The molecule has 0 saturated carbocycles. The highest BCUT2D eigenvalue weighted by Crippen LogP contribution is 2.18. The van der Waals surface area contributed by atoms with Crippen LogP contribution in [0, 0.1) is 0 Å². The Morgan fingerprint density at radius 2 is 1.65 bits per heavy atom. The average Bonchev–Trinajstić information content (AvgIpc) is 2.42. The first-order valence-corrected chi connectivity index (χ1v) is 7.18. The van der Waals surface area contributed by atoms with Crippen molar-refractivity contribution < 1.29 is 9.59 Å². The Hall–Kier alpha value is -1.55. The van der Waals surface area contributed by atoms with Crippen LogP contribution < -0.4 is 4.90 Å². The van der Waals surface area contributed by atoms with Gasteiger partial charge < -0.3 is 9.80 Å². The smallest absolute Gasteiger partial charge is 0.224 e. The fourth-order valence-electron chi connectivity index (χ4n) is 2.03. The number of nitrogens with zero attached hydrogens (tertiary/aromatic N) is 2. The number of hydrogen-bond donors (Lipinski definition) is 0. The van der Waals surface area contributed by atoms with Gasteiger partial charge in [-0.15, -0.1) is 0 Å². The zero-order valence-corrected chi connectivity index (χ0v) is 13.0. The van der Waals surface area contributed by atoms with Gasteiger partial charge in [0.15, 0.2) is 0 Å². The van der Waals surface area contributed by atoms with Crippen molar-refractivity contribution in [2.45, 2.75) is 27.2 Å². The van der Waals surface area contributed by atoms with Gasteiger partial charge in [0.05, 0.1) is 0 Å². The standard InChI is InChI=1S/C15H21ClN2O2/c1-4-17(5-2)15(20)10-11-18(12(3)19)14-8-6-13(16)7-9-14/h6-9H,4-5,10-11H2,1-3H3. The molecule has 0 aliphatic heterocycles. The Balaban J connectivity index is 2.72. The molecule has 20 heavy (non-hydrogen) atoms. The SMILES string of the molecule is CCN(CC)C(=O)CCN(C(C)=O)c1ccc(Cl)cc1. The van der Waals surface area contributed by atoms with Crippen LogP contribution in [0.2, 0.25) is 5.02 Å². The van der Waals surface area contributed by atoms with Crippen LogP contribution in [0.1, 0.15) is 27.2 Å². The lowest BCUT2D eigenvalue weighted by molar-refractivity contribution is -0.130. The molecule has 1 aromatic rings. The Bertz CT molecular complexity index is 455. The van der Waals surface area contributed by atoms with Crippen molar-refractivity contribution >= 4 is 29.1 Å². The van der Waals surface area contributed by atoms with E-state index in [9.17, 15) is 9.59 Å². The minimum Gasteiger partial charge on any atom is -0.343 e. The highest BCUT2D eigenvalue weighted by molar-refractivity contribution is 6.30. The quantitative estimate of drug-likeness (QED) is 0.810. The Morgan fingerprint density at radius 3 is 2.10 bits per heavy atom. The summed E-state index contributed by atoms with van der Waals surface area (Å²) < 4.78 is 0. The number of amides is 2. The largest absolute Gasteiger partial charge is 0.343 e. The number of benzene rings is 1. The zero-order chi connectivity index (χ0) is 15.1. The van der Waals surface area contributed by atoms with E-state index in [4.69, 9.17) is 11.6 Å². The fourth-order valence-corrected chi connectivity index (χ4v) is 2.16. The lowest BCUT2D eigenvalue weighted by Crippen LogP contribution is -2.36. The third kappa shape index (κ3) is 4.53. The molecule has 0 aliphatic carbocycles. The number of carbonyl (C=O) groups excluding carboxylic acids is 2. The van der Waals surface area contributed by atoms with E-state index in [0.717, 1.165) is 5.69 Å². The van der Waals surface area contributed by atoms with Gasteiger partial charge in [-0.05, 0) is 38.1 Å². The van der Waals surface area contributed by atoms with Crippen LogP contribution in [0.3, 0.4) is 0 Å². The Kier molecular flexibility index (Phi) is 6.52. The summed E-state index contributed by atoms with van der Waals surface area (Å²) >= 11 is 5.84. The number of carbonyl (C=O) groups is 2. The molecule has 0 fully saturated rings. The number of halogens is 1. The topological polar surface area (TPSA) is 40.6 Å². The third-order valence-electron chi connectivity index (χ3n) is 3.18. The van der Waals surface area contributed by atoms with Gasteiger partial charge in [-0.2, -0.15) is 0 Å². The van der Waals surface area contributed by atoms with Crippen LogP contribution in [0.25, 0.3) is 0 Å². The van der Waals surface area contributed by atoms with Crippen molar-refractivity contribution in [3.8, 4) is 0 Å². The molecule has 0 aromatic heterocycles. The molecule has 0 radical (unpaired) electrons. The lowest BCUT2D eigenvalue weighted by atomic mass is 10.2. The predicted molar refractivity (Wildman–Crippen MR) is 82.0 cm³/mol. The summed E-state index contributed by atoms with van der Waals surface area (Å²) in [7, 11) is 0. The summed E-state index contributed by atoms with van der Waals surface area (Å²) in [6.45, 7) is 7.15. The average molecular weight is 297 g/mol. The van der Waals surface area contributed by atoms with Crippen LogP contribution in [0.4, 0.5) is 5.69 Å². The monoisotopic (exact) mass is 296 g/mol. The van der Waals surface area contributed by atoms with E-state index < -0.39 is 0 Å². The molecule has 1 aromatic carbocycles. The van der Waals surface area contributed by atoms with Crippen LogP contribution in [0.15, 0.2) is 24.3 Å². The van der Waals surface area contributed by atoms with E-state index in [1.54, 1.807) is 34.1 Å². The molecule has 0 heterocycles. The summed E-state index contributed by atoms with van der Waals surface area (Å²) in [5.74, 6) is -0.0186. The maximum Gasteiger partial charge on any atom is 0.224 e. The number of anilines is 1. The summed E-state index contributed by atoms with van der Waals surface area (Å²) in [6, 6.07) is 7.04. The first-order chi connectivity index (χ1) is 9.49. The van der Waals surface area contributed by atoms with Gasteiger partial charge in [-0.1, -0.05) is 11.6 Å². The molecule has 0 atom stereocenters. The van der Waals surface area contributed by atoms with Crippen molar-refractivity contribution in [2.24, 2.45) is 0 Å². The van der Waals surface area contributed by atoms with E-state index in [1.165, 1.54) is 6.92 Å². The fraction of sp³-hybridized carbons (Fsp3) is 0.467. The molecule has 0 aliphatic rings. The van der Waals surface area contributed by atoms with Gasteiger partial charge in [0.25, 0.3) is 0 Å². The van der Waals surface area contributed by atoms with E-state index in [1.807, 2.05) is 13.8 Å². The van der Waals surface area contributed by atoms with Crippen LogP contribution >= 0.6 is 11.6 Å². The number of hydrogen-bond acceptors (Lipinski definition) is 2. The van der Waals surface area contributed by atoms with Gasteiger partial charge in [-0.3, -0.25) is 9.59 Å². The predicted octanol–water partition coefficient (Wildman–Crippen LogP) is 2.95. The lowest BCUT2D eigenvalue weighted by Gasteiger charge is -2.24. The minimum atomic E-state index is -0.0836. The highest BCUT2D eigenvalue weighted by atomic mass is 35.5. The van der Waals surface area contributed by atoms with E-state index in [2.05, 4.69) is 0 Å². The molecule has 2 amide bonds. The molecule has 0 N–H and O–H groups in total. The van der Waals surface area contributed by atoms with Crippen molar-refractivity contribution in [1.82, 2.24) is 4.90 Å². The van der Waals surface area contributed by atoms with Crippen molar-refractivity contribution in [3.63, 3.8) is 0 Å². The second-order valence-corrected chi connectivity index (χ2v) is 4.90. The minimum absolute atomic E-state index is 0.0650. The molecule has 5 heteroatoms. The third-order valence-corrected chi connectivity index (χ3v) is 3.44. The molecule has 1 rings (SSSR count). The second kappa shape index (κ2) is 7.90. The van der Waals surface area contributed by atoms with Crippen molar-refractivity contribution in [2.75, 3.05) is 24.5 Å². The molecular formula is C15H21ClN2O2. The van der Waals surface area contributed by atoms with E-state index in [0.29, 0.717) is 31.1 Å². The van der Waals surface area contributed by atoms with Crippen LogP contribution in [-0.4, -0.2) is 36.3 Å².